The molecule has 8 heteroatoms. The topological polar surface area (TPSA) is 65.5 Å². The number of aliphatic imine (C=N–C) groups is 1. The zero-order valence-electron chi connectivity index (χ0n) is 27.7. The molecule has 4 atom stereocenters. The zero-order valence-corrected chi connectivity index (χ0v) is 28.4. The lowest BCUT2D eigenvalue weighted by Crippen LogP contribution is -2.54. The molecule has 0 spiro atoms. The molecule has 3 heterocycles. The summed E-state index contributed by atoms with van der Waals surface area (Å²) in [5, 5.41) is 0.695. The van der Waals surface area contributed by atoms with E-state index in [4.69, 9.17) is 21.3 Å². The Bertz CT molecular complexity index is 1200. The van der Waals surface area contributed by atoms with E-state index in [2.05, 4.69) is 56.6 Å². The predicted molar refractivity (Wildman–Crippen MR) is 173 cm³/mol. The largest absolute Gasteiger partial charge is 0.478 e. The van der Waals surface area contributed by atoms with Crippen molar-refractivity contribution in [1.82, 2.24) is 14.7 Å². The fourth-order valence-corrected chi connectivity index (χ4v) is 7.94. The van der Waals surface area contributed by atoms with Gasteiger partial charge in [-0.05, 0) is 82.4 Å². The number of amides is 2. The monoisotopic (exact) mass is 612 g/mol. The van der Waals surface area contributed by atoms with E-state index < -0.39 is 5.41 Å². The maximum atomic E-state index is 14.8. The van der Waals surface area contributed by atoms with Crippen molar-refractivity contribution in [1.29, 1.82) is 0 Å². The molecule has 238 valence electrons. The van der Waals surface area contributed by atoms with Crippen molar-refractivity contribution >= 4 is 29.3 Å². The van der Waals surface area contributed by atoms with E-state index in [9.17, 15) is 9.59 Å². The molecule has 1 aromatic carbocycles. The lowest BCUT2D eigenvalue weighted by Gasteiger charge is -2.45. The molecule has 0 radical (unpaired) electrons. The number of halogens is 1. The van der Waals surface area contributed by atoms with E-state index >= 15 is 0 Å². The van der Waals surface area contributed by atoms with Crippen molar-refractivity contribution in [3.05, 3.63) is 34.9 Å². The van der Waals surface area contributed by atoms with E-state index in [-0.39, 0.29) is 47.4 Å². The zero-order chi connectivity index (χ0) is 31.3. The van der Waals surface area contributed by atoms with Crippen molar-refractivity contribution in [2.45, 2.75) is 124 Å². The second-order valence-corrected chi connectivity index (χ2v) is 16.5. The van der Waals surface area contributed by atoms with Gasteiger partial charge in [0.15, 0.2) is 0 Å². The summed E-state index contributed by atoms with van der Waals surface area (Å²) in [5.41, 5.74) is 0.818. The molecule has 43 heavy (non-hydrogen) atoms. The highest BCUT2D eigenvalue weighted by molar-refractivity contribution is 6.30. The van der Waals surface area contributed by atoms with Gasteiger partial charge in [-0.25, -0.2) is 0 Å². The molecule has 1 aromatic rings. The van der Waals surface area contributed by atoms with Crippen LogP contribution in [0.25, 0.3) is 0 Å². The maximum Gasteiger partial charge on any atom is 0.228 e. The smallest absolute Gasteiger partial charge is 0.228 e. The molecule has 0 aromatic heterocycles. The third-order valence-electron chi connectivity index (χ3n) is 10.2. The molecule has 0 bridgehead atoms. The van der Waals surface area contributed by atoms with Crippen LogP contribution < -0.4 is 0 Å². The van der Waals surface area contributed by atoms with Crippen molar-refractivity contribution in [3.63, 3.8) is 0 Å². The highest BCUT2D eigenvalue weighted by Gasteiger charge is 2.51. The molecule has 2 amide bonds. The van der Waals surface area contributed by atoms with Gasteiger partial charge >= 0.3 is 0 Å². The Hall–Kier alpha value is -2.12. The summed E-state index contributed by atoms with van der Waals surface area (Å²) in [7, 11) is 0. The number of ether oxygens (including phenoxy) is 1. The summed E-state index contributed by atoms with van der Waals surface area (Å²) in [5.74, 6) is 0.789. The second kappa shape index (κ2) is 12.0. The van der Waals surface area contributed by atoms with Gasteiger partial charge < -0.3 is 14.5 Å². The molecule has 1 saturated carbocycles. The van der Waals surface area contributed by atoms with Crippen LogP contribution in [0.4, 0.5) is 0 Å². The molecule has 4 aliphatic rings. The number of nitrogens with zero attached hydrogens (tertiary/aromatic N) is 4. The van der Waals surface area contributed by atoms with Crippen LogP contribution in [0, 0.1) is 16.7 Å². The lowest BCUT2D eigenvalue weighted by molar-refractivity contribution is -0.147. The Morgan fingerprint density at radius 2 is 1.65 bits per heavy atom. The van der Waals surface area contributed by atoms with Crippen LogP contribution in [-0.2, 0) is 14.3 Å². The van der Waals surface area contributed by atoms with E-state index in [0.717, 1.165) is 44.2 Å². The van der Waals surface area contributed by atoms with Crippen LogP contribution in [0.1, 0.15) is 106 Å². The summed E-state index contributed by atoms with van der Waals surface area (Å²) in [6.45, 7) is 19.9. The predicted octanol–water partition coefficient (Wildman–Crippen LogP) is 6.74. The van der Waals surface area contributed by atoms with Gasteiger partial charge in [0.25, 0.3) is 0 Å². The molecular formula is C35H53ClN4O3. The standard InChI is InChI=1S/C35H53ClN4O3/c1-33(2,3)32(42)40(25-13-16-35(7,8)17-14-25)26-21-28(30-37-18-20-43-30)38(22-26)31(41)27-15-19-39(34(4,5)6)29(27)23-9-11-24(36)12-10-23/h9-12,25-29H,13-22H2,1-8H3/t26-,27-,28-,29?/m0/s1. The molecule has 3 aliphatic heterocycles. The maximum absolute atomic E-state index is 14.8. The summed E-state index contributed by atoms with van der Waals surface area (Å²) >= 11 is 6.27. The first kappa shape index (κ1) is 32.3. The minimum absolute atomic E-state index is 0.0520. The summed E-state index contributed by atoms with van der Waals surface area (Å²) in [4.78, 5) is 40.3. The fraction of sp³-hybridized carbons (Fsp3) is 0.743. The van der Waals surface area contributed by atoms with Gasteiger partial charge in [0.2, 0.25) is 17.7 Å². The molecule has 5 rings (SSSR count). The summed E-state index contributed by atoms with van der Waals surface area (Å²) in [6.07, 6.45) is 5.67. The molecule has 1 unspecified atom stereocenters. The van der Waals surface area contributed by atoms with Crippen molar-refractivity contribution in [2.24, 2.45) is 21.7 Å². The average molecular weight is 613 g/mol. The molecule has 2 saturated heterocycles. The van der Waals surface area contributed by atoms with Crippen LogP contribution in [0.5, 0.6) is 0 Å². The highest BCUT2D eigenvalue weighted by Crippen LogP contribution is 2.45. The minimum Gasteiger partial charge on any atom is -0.478 e. The first-order valence-electron chi connectivity index (χ1n) is 16.4. The van der Waals surface area contributed by atoms with Crippen molar-refractivity contribution in [2.75, 3.05) is 26.2 Å². The Labute approximate surface area is 264 Å². The number of rotatable bonds is 5. The fourth-order valence-electron chi connectivity index (χ4n) is 7.81. The lowest BCUT2D eigenvalue weighted by atomic mass is 9.74. The number of hydrogen-bond donors (Lipinski definition) is 0. The van der Waals surface area contributed by atoms with Crippen LogP contribution in [0.3, 0.4) is 0 Å². The molecule has 1 aliphatic carbocycles. The van der Waals surface area contributed by atoms with E-state index in [1.165, 1.54) is 0 Å². The van der Waals surface area contributed by atoms with Gasteiger partial charge in [-0.15, -0.1) is 0 Å². The van der Waals surface area contributed by atoms with Crippen molar-refractivity contribution in [3.8, 4) is 0 Å². The number of carbonyl (C=O) groups is 2. The Morgan fingerprint density at radius 1 is 1.00 bits per heavy atom. The van der Waals surface area contributed by atoms with Gasteiger partial charge in [-0.3, -0.25) is 19.5 Å². The first-order valence-corrected chi connectivity index (χ1v) is 16.8. The SMILES string of the molecule is CC1(C)CCC(N(C(=O)C(C)(C)C)[C@H]2C[C@@H](C3=NCCO3)N(C(=O)[C@H]3CCN(C(C)(C)C)C3c3ccc(Cl)cc3)C2)CC1. The van der Waals surface area contributed by atoms with E-state index in [1.54, 1.807) is 0 Å². The van der Waals surface area contributed by atoms with E-state index in [1.807, 2.05) is 37.8 Å². The number of hydrogen-bond acceptors (Lipinski definition) is 5. The van der Waals surface area contributed by atoms with Crippen LogP contribution in [0.2, 0.25) is 5.02 Å². The number of likely N-dealkylation sites (tertiary alicyclic amines) is 2. The van der Waals surface area contributed by atoms with Crippen molar-refractivity contribution < 1.29 is 14.3 Å². The Morgan fingerprint density at radius 3 is 2.21 bits per heavy atom. The third-order valence-corrected chi connectivity index (χ3v) is 10.5. The minimum atomic E-state index is -0.500. The number of benzene rings is 1. The molecule has 3 fully saturated rings. The second-order valence-electron chi connectivity index (χ2n) is 16.1. The Balaban J connectivity index is 1.48. The molecule has 0 N–H and O–H groups in total. The van der Waals surface area contributed by atoms with E-state index in [0.29, 0.717) is 42.5 Å². The van der Waals surface area contributed by atoms with Gasteiger partial charge in [0.1, 0.15) is 12.6 Å². The molecular weight excluding hydrogens is 560 g/mol. The highest BCUT2D eigenvalue weighted by atomic mass is 35.5. The first-order chi connectivity index (χ1) is 20.1. The molecule has 7 nitrogen and oxygen atoms in total. The number of carbonyl (C=O) groups excluding carboxylic acids is 2. The Kier molecular flexibility index (Phi) is 9.01. The van der Waals surface area contributed by atoms with Gasteiger partial charge in [0.05, 0.1) is 18.5 Å². The van der Waals surface area contributed by atoms with Gasteiger partial charge in [-0.1, -0.05) is 58.4 Å². The van der Waals surface area contributed by atoms with Gasteiger partial charge in [0, 0.05) is 41.1 Å². The van der Waals surface area contributed by atoms with Crippen LogP contribution >= 0.6 is 11.6 Å². The third kappa shape index (κ3) is 6.78. The van der Waals surface area contributed by atoms with Crippen LogP contribution in [-0.4, -0.2) is 82.3 Å². The quantitative estimate of drug-likeness (QED) is 0.369. The summed E-state index contributed by atoms with van der Waals surface area (Å²) < 4.78 is 6.04. The van der Waals surface area contributed by atoms with Gasteiger partial charge in [-0.2, -0.15) is 0 Å². The van der Waals surface area contributed by atoms with Crippen LogP contribution in [0.15, 0.2) is 29.3 Å². The summed E-state index contributed by atoms with van der Waals surface area (Å²) in [6, 6.07) is 7.82. The normalized spacial score (nSPS) is 28.6. The average Bonchev–Trinajstić information content (AvgIpc) is 3.68.